The normalized spacial score (nSPS) is 11.5. The molecule has 16 heavy (non-hydrogen) atoms. The van der Waals surface area contributed by atoms with E-state index >= 15 is 0 Å². The van der Waals surface area contributed by atoms with Gasteiger partial charge in [-0.15, -0.1) is 12.4 Å². The first-order valence-electron chi connectivity index (χ1n) is 5.66. The number of rotatable bonds is 9. The number of halogens is 1. The molecule has 100 valence electrons. The van der Waals surface area contributed by atoms with Gasteiger partial charge >= 0.3 is 0 Å². The Balaban J connectivity index is 0. The van der Waals surface area contributed by atoms with E-state index in [9.17, 15) is 8.42 Å². The van der Waals surface area contributed by atoms with Gasteiger partial charge in [-0.1, -0.05) is 20.8 Å². The topological polar surface area (TPSA) is 58.2 Å². The van der Waals surface area contributed by atoms with Crippen LogP contribution < -0.4 is 10.0 Å². The Kier molecular flexibility index (Phi) is 12.0. The highest BCUT2D eigenvalue weighted by molar-refractivity contribution is 7.89. The second-order valence-electron chi connectivity index (χ2n) is 4.15. The lowest BCUT2D eigenvalue weighted by Crippen LogP contribution is -2.33. The molecule has 0 unspecified atom stereocenters. The predicted octanol–water partition coefficient (Wildman–Crippen LogP) is 1.37. The number of nitrogens with one attached hydrogen (secondary N) is 2. The van der Waals surface area contributed by atoms with E-state index in [1.807, 2.05) is 13.8 Å². The third kappa shape index (κ3) is 12.2. The van der Waals surface area contributed by atoms with E-state index in [2.05, 4.69) is 17.0 Å². The third-order valence-electron chi connectivity index (χ3n) is 2.01. The van der Waals surface area contributed by atoms with Gasteiger partial charge in [0.1, 0.15) is 0 Å². The second kappa shape index (κ2) is 10.3. The Morgan fingerprint density at radius 1 is 1.12 bits per heavy atom. The molecule has 0 saturated carbocycles. The Hall–Kier alpha value is 0.160. The molecule has 0 aliphatic carbocycles. The van der Waals surface area contributed by atoms with E-state index in [1.54, 1.807) is 0 Å². The molecule has 0 aromatic heterocycles. The van der Waals surface area contributed by atoms with Gasteiger partial charge in [0, 0.05) is 13.1 Å². The molecule has 0 heterocycles. The smallest absolute Gasteiger partial charge is 0.211 e. The minimum Gasteiger partial charge on any atom is -0.315 e. The monoisotopic (exact) mass is 272 g/mol. The highest BCUT2D eigenvalue weighted by atomic mass is 35.5. The molecule has 6 heteroatoms. The van der Waals surface area contributed by atoms with Crippen LogP contribution in [0.2, 0.25) is 0 Å². The van der Waals surface area contributed by atoms with Crippen molar-refractivity contribution in [2.45, 2.75) is 33.6 Å². The lowest BCUT2D eigenvalue weighted by Gasteiger charge is -2.08. The molecule has 0 atom stereocenters. The third-order valence-corrected chi connectivity index (χ3v) is 3.43. The lowest BCUT2D eigenvalue weighted by atomic mass is 10.2. The first kappa shape index (κ1) is 18.5. The quantitative estimate of drug-likeness (QED) is 0.624. The molecule has 0 rings (SSSR count). The van der Waals surface area contributed by atoms with Gasteiger partial charge in [-0.3, -0.25) is 0 Å². The summed E-state index contributed by atoms with van der Waals surface area (Å²) < 4.78 is 25.4. The van der Waals surface area contributed by atoms with Crippen LogP contribution in [0.15, 0.2) is 0 Å². The van der Waals surface area contributed by atoms with Crippen molar-refractivity contribution in [2.24, 2.45) is 5.92 Å². The summed E-state index contributed by atoms with van der Waals surface area (Å²) in [5, 5.41) is 3.15. The lowest BCUT2D eigenvalue weighted by molar-refractivity contribution is 0.558. The zero-order valence-corrected chi connectivity index (χ0v) is 12.1. The Bertz CT molecular complexity index is 243. The molecule has 0 bridgehead atoms. The second-order valence-corrected chi connectivity index (χ2v) is 6.07. The number of hydrogen-bond donors (Lipinski definition) is 2. The fourth-order valence-electron chi connectivity index (χ4n) is 1.06. The molecule has 0 aliphatic heterocycles. The van der Waals surface area contributed by atoms with Crippen LogP contribution in [0.1, 0.15) is 33.6 Å². The van der Waals surface area contributed by atoms with Gasteiger partial charge < -0.3 is 5.32 Å². The summed E-state index contributed by atoms with van der Waals surface area (Å²) in [4.78, 5) is 0. The minimum atomic E-state index is -3.05. The van der Waals surface area contributed by atoms with Gasteiger partial charge in [0.2, 0.25) is 10.0 Å². The molecule has 0 aliphatic rings. The van der Waals surface area contributed by atoms with E-state index in [1.165, 1.54) is 0 Å². The van der Waals surface area contributed by atoms with Crippen molar-refractivity contribution >= 4 is 22.4 Å². The fourth-order valence-corrected chi connectivity index (χ4v) is 2.40. The maximum atomic E-state index is 11.4. The maximum Gasteiger partial charge on any atom is 0.211 e. The summed E-state index contributed by atoms with van der Waals surface area (Å²) in [5.74, 6) is 0.665. The van der Waals surface area contributed by atoms with Crippen molar-refractivity contribution in [1.29, 1.82) is 0 Å². The van der Waals surface area contributed by atoms with E-state index < -0.39 is 10.0 Å². The zero-order chi connectivity index (χ0) is 11.7. The Labute approximate surface area is 106 Å². The van der Waals surface area contributed by atoms with Crippen LogP contribution in [0, 0.1) is 5.92 Å². The highest BCUT2D eigenvalue weighted by Crippen LogP contribution is 2.01. The first-order valence-corrected chi connectivity index (χ1v) is 7.31. The summed E-state index contributed by atoms with van der Waals surface area (Å²) in [7, 11) is -3.05. The molecule has 0 aromatic rings. The van der Waals surface area contributed by atoms with Crippen molar-refractivity contribution in [1.82, 2.24) is 10.0 Å². The molecule has 0 aromatic carbocycles. The maximum absolute atomic E-state index is 11.4. The number of hydrogen-bond acceptors (Lipinski definition) is 3. The van der Waals surface area contributed by atoms with Crippen LogP contribution in [0.25, 0.3) is 0 Å². The molecule has 2 N–H and O–H groups in total. The van der Waals surface area contributed by atoms with Crippen LogP contribution in [-0.2, 0) is 10.0 Å². The summed E-state index contributed by atoms with van der Waals surface area (Å²) in [6.07, 6.45) is 1.79. The van der Waals surface area contributed by atoms with Gasteiger partial charge in [0.15, 0.2) is 0 Å². The van der Waals surface area contributed by atoms with Crippen molar-refractivity contribution in [3.63, 3.8) is 0 Å². The molecule has 0 radical (unpaired) electrons. The van der Waals surface area contributed by atoms with Crippen molar-refractivity contribution in [3.05, 3.63) is 0 Å². The van der Waals surface area contributed by atoms with E-state index in [0.717, 1.165) is 19.4 Å². The molecule has 0 saturated heterocycles. The molecule has 0 spiro atoms. The number of sulfonamides is 1. The molecular weight excluding hydrogens is 248 g/mol. The summed E-state index contributed by atoms with van der Waals surface area (Å²) in [5.41, 5.74) is 0. The largest absolute Gasteiger partial charge is 0.315 e. The van der Waals surface area contributed by atoms with Crippen molar-refractivity contribution in [3.8, 4) is 0 Å². The molecule has 4 nitrogen and oxygen atoms in total. The minimum absolute atomic E-state index is 0. The van der Waals surface area contributed by atoms with Crippen LogP contribution in [-0.4, -0.2) is 33.8 Å². The van der Waals surface area contributed by atoms with Gasteiger partial charge in [0.05, 0.1) is 5.75 Å². The fraction of sp³-hybridized carbons (Fsp3) is 1.00. The average Bonchev–Trinajstić information content (AvgIpc) is 2.15. The summed E-state index contributed by atoms with van der Waals surface area (Å²) >= 11 is 0. The summed E-state index contributed by atoms with van der Waals surface area (Å²) in [6.45, 7) is 8.26. The molecular formula is C10H25ClN2O2S. The van der Waals surface area contributed by atoms with Gasteiger partial charge in [-0.25, -0.2) is 13.1 Å². The molecule has 0 amide bonds. The average molecular weight is 273 g/mol. The van der Waals surface area contributed by atoms with E-state index in [-0.39, 0.29) is 18.2 Å². The van der Waals surface area contributed by atoms with Crippen molar-refractivity contribution in [2.75, 3.05) is 25.4 Å². The van der Waals surface area contributed by atoms with Gasteiger partial charge in [-0.2, -0.15) is 0 Å². The highest BCUT2D eigenvalue weighted by Gasteiger charge is 2.09. The van der Waals surface area contributed by atoms with Crippen LogP contribution >= 0.6 is 12.4 Å². The van der Waals surface area contributed by atoms with E-state index in [0.29, 0.717) is 19.0 Å². The zero-order valence-electron chi connectivity index (χ0n) is 10.5. The van der Waals surface area contributed by atoms with E-state index in [4.69, 9.17) is 0 Å². The van der Waals surface area contributed by atoms with Crippen molar-refractivity contribution < 1.29 is 8.42 Å². The standard InChI is InChI=1S/C10H24N2O2S.ClH/c1-4-6-11-7-8-12-15(13,14)9-5-10(2)3;/h10-12H,4-9H2,1-3H3;1H. The Morgan fingerprint density at radius 3 is 2.25 bits per heavy atom. The Morgan fingerprint density at radius 2 is 1.75 bits per heavy atom. The van der Waals surface area contributed by atoms with Gasteiger partial charge in [-0.05, 0) is 25.3 Å². The van der Waals surface area contributed by atoms with Crippen LogP contribution in [0.4, 0.5) is 0 Å². The van der Waals surface area contributed by atoms with Crippen LogP contribution in [0.3, 0.4) is 0 Å². The van der Waals surface area contributed by atoms with Gasteiger partial charge in [0.25, 0.3) is 0 Å². The predicted molar refractivity (Wildman–Crippen MR) is 71.7 cm³/mol. The molecule has 0 fully saturated rings. The SMILES string of the molecule is CCCNCCNS(=O)(=O)CCC(C)C.Cl. The first-order chi connectivity index (χ1) is 6.98. The van der Waals surface area contributed by atoms with Crippen LogP contribution in [0.5, 0.6) is 0 Å². The summed E-state index contributed by atoms with van der Waals surface area (Å²) in [6, 6.07) is 0.